The van der Waals surface area contributed by atoms with Crippen LogP contribution >= 0.6 is 0 Å². The molecule has 3 aromatic rings. The van der Waals surface area contributed by atoms with Gasteiger partial charge in [-0.3, -0.25) is 4.79 Å². The number of carbonyl (C=O) groups is 1. The maximum Gasteiger partial charge on any atom is 0.416 e. The summed E-state index contributed by atoms with van der Waals surface area (Å²) >= 11 is 0. The summed E-state index contributed by atoms with van der Waals surface area (Å²) in [4.78, 5) is 11.7. The Labute approximate surface area is 159 Å². The molecule has 0 saturated heterocycles. The molecular weight excluding hydrogens is 365 g/mol. The van der Waals surface area contributed by atoms with Gasteiger partial charge in [-0.05, 0) is 64.2 Å². The second-order valence-corrected chi connectivity index (χ2v) is 7.00. The van der Waals surface area contributed by atoms with E-state index in [-0.39, 0.29) is 18.0 Å². The number of halogens is 3. The minimum Gasteiger partial charge on any atom is -0.504 e. The molecule has 0 amide bonds. The number of Topliss-reactive ketones (excluding diaryl/α,β-unsaturated/α-hetero) is 1. The standard InChI is InChI=1S/C23H17F3O2/c24-23(25,26)19-8-4-14(5-9-19)1-2-15-3-6-16-12-17-7-10-21(27)22(28)20(17)13-18(16)11-15/h3-9,11-13,28H,1-2,10H2. The number of alkyl halides is 3. The fourth-order valence-corrected chi connectivity index (χ4v) is 3.49. The highest BCUT2D eigenvalue weighted by molar-refractivity contribution is 6.14. The molecule has 0 aromatic heterocycles. The van der Waals surface area contributed by atoms with Gasteiger partial charge < -0.3 is 5.11 Å². The van der Waals surface area contributed by atoms with Crippen LogP contribution in [-0.4, -0.2) is 10.9 Å². The molecule has 0 unspecified atom stereocenters. The molecule has 0 fully saturated rings. The third-order valence-electron chi connectivity index (χ3n) is 5.08. The van der Waals surface area contributed by atoms with E-state index in [0.29, 0.717) is 18.1 Å². The summed E-state index contributed by atoms with van der Waals surface area (Å²) in [6.45, 7) is 0. The Hall–Kier alpha value is -3.08. The molecule has 28 heavy (non-hydrogen) atoms. The zero-order chi connectivity index (χ0) is 19.9. The second-order valence-electron chi connectivity index (χ2n) is 7.00. The summed E-state index contributed by atoms with van der Waals surface area (Å²) in [5.41, 5.74) is 1.23. The third kappa shape index (κ3) is 3.52. The summed E-state index contributed by atoms with van der Waals surface area (Å²) in [5.74, 6) is -0.486. The molecule has 5 heteroatoms. The largest absolute Gasteiger partial charge is 0.504 e. The summed E-state index contributed by atoms with van der Waals surface area (Å²) in [5, 5.41) is 13.4. The SMILES string of the molecule is O=C1CC=c2cc3ccc(CCc4ccc(C(F)(F)F)cc4)cc3cc2=C1O. The van der Waals surface area contributed by atoms with Gasteiger partial charge in [0.2, 0.25) is 5.78 Å². The topological polar surface area (TPSA) is 37.3 Å². The number of aliphatic hydroxyl groups excluding tert-OH is 1. The van der Waals surface area contributed by atoms with Crippen LogP contribution in [0.3, 0.4) is 0 Å². The van der Waals surface area contributed by atoms with Gasteiger partial charge in [0.25, 0.3) is 0 Å². The summed E-state index contributed by atoms with van der Waals surface area (Å²) < 4.78 is 37.9. The van der Waals surface area contributed by atoms with Gasteiger partial charge in [-0.25, -0.2) is 0 Å². The average Bonchev–Trinajstić information content (AvgIpc) is 2.68. The molecule has 0 heterocycles. The molecule has 1 aliphatic carbocycles. The quantitative estimate of drug-likeness (QED) is 0.742. The smallest absolute Gasteiger partial charge is 0.416 e. The number of aryl methyl sites for hydroxylation is 2. The Morgan fingerprint density at radius 1 is 0.857 bits per heavy atom. The molecule has 142 valence electrons. The zero-order valence-electron chi connectivity index (χ0n) is 14.9. The van der Waals surface area contributed by atoms with Crippen molar-refractivity contribution in [2.45, 2.75) is 25.4 Å². The lowest BCUT2D eigenvalue weighted by molar-refractivity contribution is -0.137. The van der Waals surface area contributed by atoms with Crippen molar-refractivity contribution in [1.29, 1.82) is 0 Å². The van der Waals surface area contributed by atoms with Crippen molar-refractivity contribution in [3.05, 3.63) is 81.7 Å². The van der Waals surface area contributed by atoms with E-state index in [1.807, 2.05) is 36.4 Å². The van der Waals surface area contributed by atoms with Crippen molar-refractivity contribution in [3.8, 4) is 0 Å². The van der Waals surface area contributed by atoms with Gasteiger partial charge in [0.1, 0.15) is 0 Å². The highest BCUT2D eigenvalue weighted by Crippen LogP contribution is 2.29. The molecule has 2 nitrogen and oxygen atoms in total. The molecule has 0 spiro atoms. The normalized spacial score (nSPS) is 14.1. The second kappa shape index (κ2) is 6.82. The molecule has 1 aliphatic rings. The van der Waals surface area contributed by atoms with E-state index in [1.54, 1.807) is 0 Å². The van der Waals surface area contributed by atoms with E-state index in [0.717, 1.165) is 39.3 Å². The summed E-state index contributed by atoms with van der Waals surface area (Å²) in [6.07, 6.45) is -1.00. The van der Waals surface area contributed by atoms with Crippen LogP contribution in [-0.2, 0) is 23.8 Å². The number of aliphatic hydroxyl groups is 1. The highest BCUT2D eigenvalue weighted by Gasteiger charge is 2.29. The molecule has 0 saturated carbocycles. The summed E-state index contributed by atoms with van der Waals surface area (Å²) in [7, 11) is 0. The number of hydrogen-bond donors (Lipinski definition) is 1. The number of hydrogen-bond acceptors (Lipinski definition) is 2. The van der Waals surface area contributed by atoms with Crippen molar-refractivity contribution in [2.75, 3.05) is 0 Å². The minimum atomic E-state index is -4.32. The predicted octanol–water partition coefficient (Wildman–Crippen LogP) is 4.06. The zero-order valence-corrected chi connectivity index (χ0v) is 14.9. The van der Waals surface area contributed by atoms with Crippen molar-refractivity contribution < 1.29 is 23.1 Å². The van der Waals surface area contributed by atoms with Gasteiger partial charge in [-0.2, -0.15) is 13.2 Å². The predicted molar refractivity (Wildman–Crippen MR) is 102 cm³/mol. The molecule has 0 radical (unpaired) electrons. The number of carbonyl (C=O) groups excluding carboxylic acids is 1. The monoisotopic (exact) mass is 382 g/mol. The average molecular weight is 382 g/mol. The number of fused-ring (bicyclic) bond motifs is 2. The van der Waals surface area contributed by atoms with E-state index in [2.05, 4.69) is 0 Å². The Kier molecular flexibility index (Phi) is 4.46. The van der Waals surface area contributed by atoms with Crippen LogP contribution in [0.2, 0.25) is 0 Å². The van der Waals surface area contributed by atoms with Crippen LogP contribution in [0.15, 0.2) is 54.6 Å². The van der Waals surface area contributed by atoms with E-state index in [9.17, 15) is 23.1 Å². The van der Waals surface area contributed by atoms with Crippen LogP contribution in [0, 0.1) is 0 Å². The fourth-order valence-electron chi connectivity index (χ4n) is 3.49. The van der Waals surface area contributed by atoms with Gasteiger partial charge in [-0.15, -0.1) is 0 Å². The van der Waals surface area contributed by atoms with Gasteiger partial charge in [0.15, 0.2) is 5.76 Å². The fraction of sp³-hybridized carbons (Fsp3) is 0.174. The first-order chi connectivity index (χ1) is 13.3. The Balaban J connectivity index is 1.59. The molecule has 1 N–H and O–H groups in total. The number of rotatable bonds is 3. The van der Waals surface area contributed by atoms with Gasteiger partial charge in [0, 0.05) is 11.6 Å². The lowest BCUT2D eigenvalue weighted by Gasteiger charge is -2.09. The first-order valence-electron chi connectivity index (χ1n) is 8.97. The van der Waals surface area contributed by atoms with Crippen LogP contribution in [0.5, 0.6) is 0 Å². The summed E-state index contributed by atoms with van der Waals surface area (Å²) in [6, 6.07) is 15.0. The maximum atomic E-state index is 12.6. The Morgan fingerprint density at radius 2 is 1.54 bits per heavy atom. The number of benzene rings is 3. The lowest BCUT2D eigenvalue weighted by Crippen LogP contribution is -2.32. The van der Waals surface area contributed by atoms with Crippen LogP contribution in [0.1, 0.15) is 23.1 Å². The van der Waals surface area contributed by atoms with Gasteiger partial charge in [-0.1, -0.05) is 36.4 Å². The van der Waals surface area contributed by atoms with E-state index >= 15 is 0 Å². The molecule has 4 rings (SSSR count). The Bertz CT molecular complexity index is 1190. The van der Waals surface area contributed by atoms with Crippen molar-refractivity contribution >= 4 is 28.4 Å². The van der Waals surface area contributed by atoms with Crippen molar-refractivity contribution in [3.63, 3.8) is 0 Å². The van der Waals surface area contributed by atoms with E-state index in [1.165, 1.54) is 12.1 Å². The molecule has 3 aromatic carbocycles. The van der Waals surface area contributed by atoms with Crippen molar-refractivity contribution in [2.24, 2.45) is 0 Å². The highest BCUT2D eigenvalue weighted by atomic mass is 19.4. The lowest BCUT2D eigenvalue weighted by atomic mass is 9.97. The third-order valence-corrected chi connectivity index (χ3v) is 5.08. The Morgan fingerprint density at radius 3 is 2.25 bits per heavy atom. The maximum absolute atomic E-state index is 12.6. The van der Waals surface area contributed by atoms with E-state index < -0.39 is 11.7 Å². The molecule has 0 bridgehead atoms. The first-order valence-corrected chi connectivity index (χ1v) is 8.97. The first kappa shape index (κ1) is 18.3. The van der Waals surface area contributed by atoms with E-state index in [4.69, 9.17) is 0 Å². The van der Waals surface area contributed by atoms with Gasteiger partial charge in [0.05, 0.1) is 5.56 Å². The van der Waals surface area contributed by atoms with Crippen LogP contribution in [0.4, 0.5) is 13.2 Å². The van der Waals surface area contributed by atoms with Crippen LogP contribution < -0.4 is 10.4 Å². The molecule has 0 atom stereocenters. The van der Waals surface area contributed by atoms with Gasteiger partial charge >= 0.3 is 6.18 Å². The van der Waals surface area contributed by atoms with Crippen LogP contribution in [0.25, 0.3) is 22.6 Å². The van der Waals surface area contributed by atoms with Crippen molar-refractivity contribution in [1.82, 2.24) is 0 Å². The minimum absolute atomic E-state index is 0.199. The molecule has 0 aliphatic heterocycles. The number of ketones is 1. The molecular formula is C23H17F3O2.